The zero-order chi connectivity index (χ0) is 13.7. The van der Waals surface area contributed by atoms with Crippen molar-refractivity contribution in [3.63, 3.8) is 0 Å². The van der Waals surface area contributed by atoms with Crippen molar-refractivity contribution in [2.45, 2.75) is 31.1 Å². The van der Waals surface area contributed by atoms with E-state index in [9.17, 15) is 18.3 Å². The maximum atomic E-state index is 12.7. The summed E-state index contributed by atoms with van der Waals surface area (Å²) in [7, 11) is 0. The SMILES string of the molecule is Oc1cc2c(cc1CNC1(C(F)(F)F)CC1)OCO2. The van der Waals surface area contributed by atoms with E-state index in [1.54, 1.807) is 0 Å². The van der Waals surface area contributed by atoms with Gasteiger partial charge in [-0.05, 0) is 18.9 Å². The Kier molecular flexibility index (Phi) is 2.57. The van der Waals surface area contributed by atoms with Gasteiger partial charge in [-0.2, -0.15) is 13.2 Å². The second-order valence-electron chi connectivity index (χ2n) is 4.77. The van der Waals surface area contributed by atoms with Crippen LogP contribution in [0.3, 0.4) is 0 Å². The average Bonchev–Trinajstić information content (AvgIpc) is 3.00. The molecule has 0 saturated heterocycles. The highest BCUT2D eigenvalue weighted by atomic mass is 19.4. The fraction of sp³-hybridized carbons (Fsp3) is 0.500. The molecule has 0 bridgehead atoms. The summed E-state index contributed by atoms with van der Waals surface area (Å²) in [6.45, 7) is -0.0138. The first-order valence-corrected chi connectivity index (χ1v) is 5.85. The first-order chi connectivity index (χ1) is 8.91. The smallest absolute Gasteiger partial charge is 0.406 e. The Morgan fingerprint density at radius 2 is 1.84 bits per heavy atom. The minimum absolute atomic E-state index is 0.0537. The summed E-state index contributed by atoms with van der Waals surface area (Å²) in [5, 5.41) is 12.2. The van der Waals surface area contributed by atoms with Crippen LogP contribution in [0.25, 0.3) is 0 Å². The van der Waals surface area contributed by atoms with Gasteiger partial charge in [-0.3, -0.25) is 5.32 Å². The summed E-state index contributed by atoms with van der Waals surface area (Å²) in [6, 6.07) is 2.85. The number of benzene rings is 1. The van der Waals surface area contributed by atoms with Crippen molar-refractivity contribution in [3.05, 3.63) is 17.7 Å². The van der Waals surface area contributed by atoms with Gasteiger partial charge in [0.25, 0.3) is 0 Å². The predicted octanol–water partition coefficient (Wildman–Crippen LogP) is 2.31. The lowest BCUT2D eigenvalue weighted by atomic mass is 10.1. The fourth-order valence-corrected chi connectivity index (χ4v) is 2.06. The van der Waals surface area contributed by atoms with Gasteiger partial charge in [0.05, 0.1) is 0 Å². The van der Waals surface area contributed by atoms with Gasteiger partial charge in [-0.1, -0.05) is 0 Å². The second kappa shape index (κ2) is 3.93. The van der Waals surface area contributed by atoms with Crippen LogP contribution in [-0.2, 0) is 6.54 Å². The van der Waals surface area contributed by atoms with Gasteiger partial charge in [0.15, 0.2) is 11.5 Å². The molecule has 1 aliphatic carbocycles. The van der Waals surface area contributed by atoms with Gasteiger partial charge in [-0.25, -0.2) is 0 Å². The minimum Gasteiger partial charge on any atom is -0.507 e. The molecule has 1 heterocycles. The summed E-state index contributed by atoms with van der Waals surface area (Å²) in [5.41, 5.74) is -1.43. The molecule has 104 valence electrons. The first kappa shape index (κ1) is 12.4. The highest BCUT2D eigenvalue weighted by Gasteiger charge is 2.62. The Balaban J connectivity index is 1.75. The van der Waals surface area contributed by atoms with E-state index in [1.165, 1.54) is 12.1 Å². The highest BCUT2D eigenvalue weighted by Crippen LogP contribution is 2.49. The number of hydrogen-bond acceptors (Lipinski definition) is 4. The molecule has 19 heavy (non-hydrogen) atoms. The van der Waals surface area contributed by atoms with E-state index in [4.69, 9.17) is 9.47 Å². The summed E-state index contributed by atoms with van der Waals surface area (Å²) >= 11 is 0. The summed E-state index contributed by atoms with van der Waals surface area (Å²) < 4.78 is 48.4. The van der Waals surface area contributed by atoms with Crippen molar-refractivity contribution in [2.75, 3.05) is 6.79 Å². The Bertz CT molecular complexity index is 512. The summed E-state index contributed by atoms with van der Waals surface area (Å²) in [5.74, 6) is 0.736. The predicted molar refractivity (Wildman–Crippen MR) is 59.1 cm³/mol. The molecule has 1 aromatic rings. The standard InChI is InChI=1S/C12H12F3NO3/c13-12(14,15)11(1-2-11)16-5-7-3-9-10(4-8(7)17)19-6-18-9/h3-4,16-17H,1-2,5-6H2. The molecule has 0 unspecified atom stereocenters. The molecule has 0 amide bonds. The minimum atomic E-state index is -4.26. The molecule has 0 aromatic heterocycles. The zero-order valence-electron chi connectivity index (χ0n) is 9.88. The first-order valence-electron chi connectivity index (χ1n) is 5.85. The maximum Gasteiger partial charge on any atom is 0.406 e. The molecule has 7 heteroatoms. The van der Waals surface area contributed by atoms with Gasteiger partial charge < -0.3 is 14.6 Å². The Morgan fingerprint density at radius 3 is 2.42 bits per heavy atom. The molecular weight excluding hydrogens is 263 g/mol. The van der Waals surface area contributed by atoms with Crippen LogP contribution >= 0.6 is 0 Å². The Hall–Kier alpha value is -1.63. The number of phenols is 1. The molecule has 1 aliphatic heterocycles. The largest absolute Gasteiger partial charge is 0.507 e. The van der Waals surface area contributed by atoms with Crippen LogP contribution in [0.2, 0.25) is 0 Å². The van der Waals surface area contributed by atoms with Crippen molar-refractivity contribution in [1.29, 1.82) is 0 Å². The molecule has 1 aromatic carbocycles. The number of fused-ring (bicyclic) bond motifs is 1. The highest BCUT2D eigenvalue weighted by molar-refractivity contribution is 5.51. The van der Waals surface area contributed by atoms with E-state index in [0.717, 1.165) is 0 Å². The Labute approximate surface area is 107 Å². The van der Waals surface area contributed by atoms with Crippen molar-refractivity contribution >= 4 is 0 Å². The molecule has 0 atom stereocenters. The van der Waals surface area contributed by atoms with Crippen LogP contribution in [0.15, 0.2) is 12.1 Å². The lowest BCUT2D eigenvalue weighted by molar-refractivity contribution is -0.166. The maximum absolute atomic E-state index is 12.7. The number of nitrogens with one attached hydrogen (secondary N) is 1. The van der Waals surface area contributed by atoms with Crippen LogP contribution in [0.5, 0.6) is 17.2 Å². The molecule has 3 rings (SSSR count). The number of alkyl halides is 3. The molecule has 0 spiro atoms. The van der Waals surface area contributed by atoms with E-state index in [1.807, 2.05) is 0 Å². The van der Waals surface area contributed by atoms with Gasteiger partial charge in [-0.15, -0.1) is 0 Å². The van der Waals surface area contributed by atoms with Crippen molar-refractivity contribution in [3.8, 4) is 17.2 Å². The fourth-order valence-electron chi connectivity index (χ4n) is 2.06. The number of hydrogen-bond donors (Lipinski definition) is 2. The number of rotatable bonds is 3. The van der Waals surface area contributed by atoms with E-state index < -0.39 is 11.7 Å². The van der Waals surface area contributed by atoms with Crippen LogP contribution in [0, 0.1) is 0 Å². The number of aromatic hydroxyl groups is 1. The van der Waals surface area contributed by atoms with Gasteiger partial charge in [0, 0.05) is 18.2 Å². The quantitative estimate of drug-likeness (QED) is 0.888. The zero-order valence-corrected chi connectivity index (χ0v) is 9.88. The molecule has 2 aliphatic rings. The van der Waals surface area contributed by atoms with E-state index in [0.29, 0.717) is 17.1 Å². The molecule has 4 nitrogen and oxygen atoms in total. The summed E-state index contributed by atoms with van der Waals surface area (Å²) in [4.78, 5) is 0. The van der Waals surface area contributed by atoms with Crippen molar-refractivity contribution < 1.29 is 27.8 Å². The third kappa shape index (κ3) is 2.07. The molecule has 2 N–H and O–H groups in total. The van der Waals surface area contributed by atoms with Crippen LogP contribution in [0.1, 0.15) is 18.4 Å². The van der Waals surface area contributed by atoms with Gasteiger partial charge >= 0.3 is 6.18 Å². The van der Waals surface area contributed by atoms with Crippen LogP contribution < -0.4 is 14.8 Å². The third-order valence-corrected chi connectivity index (χ3v) is 3.48. The third-order valence-electron chi connectivity index (χ3n) is 3.48. The second-order valence-corrected chi connectivity index (χ2v) is 4.77. The van der Waals surface area contributed by atoms with E-state index >= 15 is 0 Å². The monoisotopic (exact) mass is 275 g/mol. The van der Waals surface area contributed by atoms with E-state index in [-0.39, 0.29) is 31.9 Å². The molecular formula is C12H12F3NO3. The van der Waals surface area contributed by atoms with Gasteiger partial charge in [0.2, 0.25) is 6.79 Å². The normalized spacial score (nSPS) is 19.5. The van der Waals surface area contributed by atoms with E-state index in [2.05, 4.69) is 5.32 Å². The molecule has 0 radical (unpaired) electrons. The number of ether oxygens (including phenoxy) is 2. The van der Waals surface area contributed by atoms with Crippen molar-refractivity contribution in [2.24, 2.45) is 0 Å². The number of halogens is 3. The molecule has 1 saturated carbocycles. The number of phenolic OH excluding ortho intramolecular Hbond substituents is 1. The van der Waals surface area contributed by atoms with Crippen LogP contribution in [0.4, 0.5) is 13.2 Å². The Morgan fingerprint density at radius 1 is 1.21 bits per heavy atom. The van der Waals surface area contributed by atoms with Crippen molar-refractivity contribution in [1.82, 2.24) is 5.32 Å². The van der Waals surface area contributed by atoms with Gasteiger partial charge in [0.1, 0.15) is 11.3 Å². The lowest BCUT2D eigenvalue weighted by Crippen LogP contribution is -2.44. The average molecular weight is 275 g/mol. The molecule has 1 fully saturated rings. The topological polar surface area (TPSA) is 50.7 Å². The lowest BCUT2D eigenvalue weighted by Gasteiger charge is -2.21. The van der Waals surface area contributed by atoms with Crippen LogP contribution in [-0.4, -0.2) is 23.6 Å². The summed E-state index contributed by atoms with van der Waals surface area (Å²) in [6.07, 6.45) is -4.12.